The molecule has 0 spiro atoms. The highest BCUT2D eigenvalue weighted by molar-refractivity contribution is 6.30. The second kappa shape index (κ2) is 5.72. The van der Waals surface area contributed by atoms with E-state index in [0.717, 1.165) is 18.5 Å². The maximum atomic E-state index is 12.1. The molecule has 1 aromatic rings. The summed E-state index contributed by atoms with van der Waals surface area (Å²) in [5.41, 5.74) is 1.04. The molecule has 18 heavy (non-hydrogen) atoms. The van der Waals surface area contributed by atoms with Crippen molar-refractivity contribution in [2.24, 2.45) is 5.92 Å². The highest BCUT2D eigenvalue weighted by atomic mass is 35.5. The van der Waals surface area contributed by atoms with Gasteiger partial charge in [0.15, 0.2) is 0 Å². The molecule has 2 N–H and O–H groups in total. The zero-order chi connectivity index (χ0) is 13.1. The van der Waals surface area contributed by atoms with Crippen LogP contribution in [0.1, 0.15) is 31.9 Å². The summed E-state index contributed by atoms with van der Waals surface area (Å²) in [6.07, 6.45) is 0.912. The molecule has 1 aliphatic rings. The number of amides is 1. The second-order valence-corrected chi connectivity index (χ2v) is 5.36. The Morgan fingerprint density at radius 3 is 2.94 bits per heavy atom. The van der Waals surface area contributed by atoms with E-state index in [1.807, 2.05) is 31.2 Å². The standard InChI is InChI=1S/C14H19ClN2O/c1-9(11-4-3-5-12(15)8-11)17-14(18)13-6-7-16-10(13)2/h3-5,8-10,13,16H,6-7H2,1-2H3,(H,17,18). The molecule has 0 bridgehead atoms. The van der Waals surface area contributed by atoms with E-state index < -0.39 is 0 Å². The van der Waals surface area contributed by atoms with Crippen molar-refractivity contribution in [2.75, 3.05) is 6.54 Å². The van der Waals surface area contributed by atoms with Crippen LogP contribution in [0.3, 0.4) is 0 Å². The van der Waals surface area contributed by atoms with Crippen molar-refractivity contribution in [3.05, 3.63) is 34.9 Å². The highest BCUT2D eigenvalue weighted by Crippen LogP contribution is 2.20. The minimum atomic E-state index is -0.0102. The van der Waals surface area contributed by atoms with Gasteiger partial charge in [0.2, 0.25) is 5.91 Å². The smallest absolute Gasteiger partial charge is 0.225 e. The molecule has 98 valence electrons. The summed E-state index contributed by atoms with van der Waals surface area (Å²) >= 11 is 5.95. The van der Waals surface area contributed by atoms with Gasteiger partial charge in [-0.1, -0.05) is 23.7 Å². The van der Waals surface area contributed by atoms with E-state index in [4.69, 9.17) is 11.6 Å². The molecular weight excluding hydrogens is 248 g/mol. The molecule has 1 amide bonds. The van der Waals surface area contributed by atoms with Crippen molar-refractivity contribution in [1.29, 1.82) is 0 Å². The van der Waals surface area contributed by atoms with E-state index in [9.17, 15) is 4.79 Å². The van der Waals surface area contributed by atoms with Gasteiger partial charge in [-0.05, 0) is 44.5 Å². The van der Waals surface area contributed by atoms with Crippen LogP contribution in [0.25, 0.3) is 0 Å². The van der Waals surface area contributed by atoms with E-state index in [2.05, 4.69) is 17.6 Å². The molecule has 0 aliphatic carbocycles. The predicted octanol–water partition coefficient (Wildman–Crippen LogP) is 2.52. The second-order valence-electron chi connectivity index (χ2n) is 4.92. The van der Waals surface area contributed by atoms with Gasteiger partial charge < -0.3 is 10.6 Å². The molecule has 0 aromatic heterocycles. The molecule has 1 saturated heterocycles. The first-order valence-electron chi connectivity index (χ1n) is 6.37. The first-order valence-corrected chi connectivity index (χ1v) is 6.75. The third-order valence-electron chi connectivity index (χ3n) is 3.57. The Kier molecular flexibility index (Phi) is 4.25. The number of hydrogen-bond acceptors (Lipinski definition) is 2. The van der Waals surface area contributed by atoms with Crippen molar-refractivity contribution in [3.63, 3.8) is 0 Å². The van der Waals surface area contributed by atoms with Crippen molar-refractivity contribution >= 4 is 17.5 Å². The number of halogens is 1. The lowest BCUT2D eigenvalue weighted by Crippen LogP contribution is -2.37. The number of carbonyl (C=O) groups is 1. The van der Waals surface area contributed by atoms with Crippen molar-refractivity contribution in [1.82, 2.24) is 10.6 Å². The Hall–Kier alpha value is -1.06. The Morgan fingerprint density at radius 1 is 1.56 bits per heavy atom. The molecular formula is C14H19ClN2O. The van der Waals surface area contributed by atoms with Gasteiger partial charge in [-0.2, -0.15) is 0 Å². The zero-order valence-corrected chi connectivity index (χ0v) is 11.5. The average Bonchev–Trinajstić information content (AvgIpc) is 2.75. The Bertz CT molecular complexity index is 436. The average molecular weight is 267 g/mol. The number of rotatable bonds is 3. The third-order valence-corrected chi connectivity index (χ3v) is 3.80. The quantitative estimate of drug-likeness (QED) is 0.883. The summed E-state index contributed by atoms with van der Waals surface area (Å²) in [4.78, 5) is 12.1. The van der Waals surface area contributed by atoms with Crippen LogP contribution < -0.4 is 10.6 Å². The molecule has 1 fully saturated rings. The molecule has 2 rings (SSSR count). The van der Waals surface area contributed by atoms with Crippen LogP contribution in [0.2, 0.25) is 5.02 Å². The summed E-state index contributed by atoms with van der Waals surface area (Å²) in [7, 11) is 0. The van der Waals surface area contributed by atoms with E-state index in [1.54, 1.807) is 0 Å². The Morgan fingerprint density at radius 2 is 2.33 bits per heavy atom. The summed E-state index contributed by atoms with van der Waals surface area (Å²) in [5.74, 6) is 0.201. The van der Waals surface area contributed by atoms with Crippen LogP contribution in [-0.2, 0) is 4.79 Å². The van der Waals surface area contributed by atoms with E-state index in [0.29, 0.717) is 5.02 Å². The molecule has 4 heteroatoms. The van der Waals surface area contributed by atoms with Crippen LogP contribution >= 0.6 is 11.6 Å². The van der Waals surface area contributed by atoms with E-state index in [-0.39, 0.29) is 23.9 Å². The molecule has 1 aromatic carbocycles. The molecule has 1 heterocycles. The minimum absolute atomic E-state index is 0.0102. The molecule has 3 nitrogen and oxygen atoms in total. The van der Waals surface area contributed by atoms with Crippen molar-refractivity contribution in [2.45, 2.75) is 32.4 Å². The van der Waals surface area contributed by atoms with Gasteiger partial charge in [0.05, 0.1) is 12.0 Å². The van der Waals surface area contributed by atoms with Crippen LogP contribution in [0.15, 0.2) is 24.3 Å². The van der Waals surface area contributed by atoms with Crippen LogP contribution in [0.5, 0.6) is 0 Å². The monoisotopic (exact) mass is 266 g/mol. The lowest BCUT2D eigenvalue weighted by Gasteiger charge is -2.19. The molecule has 3 unspecified atom stereocenters. The normalized spacial score (nSPS) is 24.8. The number of hydrogen-bond donors (Lipinski definition) is 2. The minimum Gasteiger partial charge on any atom is -0.349 e. The maximum Gasteiger partial charge on any atom is 0.225 e. The fraction of sp³-hybridized carbons (Fsp3) is 0.500. The molecule has 3 atom stereocenters. The Labute approximate surface area is 113 Å². The summed E-state index contributed by atoms with van der Waals surface area (Å²) < 4.78 is 0. The van der Waals surface area contributed by atoms with Gasteiger partial charge >= 0.3 is 0 Å². The highest BCUT2D eigenvalue weighted by Gasteiger charge is 2.29. The summed E-state index contributed by atoms with van der Waals surface area (Å²) in [6.45, 7) is 4.96. The van der Waals surface area contributed by atoms with Crippen LogP contribution in [0.4, 0.5) is 0 Å². The zero-order valence-electron chi connectivity index (χ0n) is 10.7. The predicted molar refractivity (Wildman–Crippen MR) is 73.6 cm³/mol. The van der Waals surface area contributed by atoms with Crippen molar-refractivity contribution in [3.8, 4) is 0 Å². The van der Waals surface area contributed by atoms with Crippen LogP contribution in [-0.4, -0.2) is 18.5 Å². The largest absolute Gasteiger partial charge is 0.349 e. The van der Waals surface area contributed by atoms with Crippen LogP contribution in [0, 0.1) is 5.92 Å². The van der Waals surface area contributed by atoms with Gasteiger partial charge in [-0.25, -0.2) is 0 Å². The maximum absolute atomic E-state index is 12.1. The lowest BCUT2D eigenvalue weighted by molar-refractivity contribution is -0.125. The topological polar surface area (TPSA) is 41.1 Å². The van der Waals surface area contributed by atoms with Crippen molar-refractivity contribution < 1.29 is 4.79 Å². The van der Waals surface area contributed by atoms with Gasteiger partial charge in [0.25, 0.3) is 0 Å². The molecule has 1 aliphatic heterocycles. The third kappa shape index (κ3) is 3.03. The van der Waals surface area contributed by atoms with Gasteiger partial charge in [-0.3, -0.25) is 4.79 Å². The summed E-state index contributed by atoms with van der Waals surface area (Å²) in [5, 5.41) is 7.05. The fourth-order valence-corrected chi connectivity index (χ4v) is 2.60. The number of carbonyl (C=O) groups excluding carboxylic acids is 1. The molecule has 0 radical (unpaired) electrons. The van der Waals surface area contributed by atoms with Gasteiger partial charge in [0.1, 0.15) is 0 Å². The fourth-order valence-electron chi connectivity index (χ4n) is 2.40. The summed E-state index contributed by atoms with van der Waals surface area (Å²) in [6, 6.07) is 7.86. The van der Waals surface area contributed by atoms with E-state index in [1.165, 1.54) is 0 Å². The van der Waals surface area contributed by atoms with Gasteiger partial charge in [0, 0.05) is 11.1 Å². The van der Waals surface area contributed by atoms with E-state index >= 15 is 0 Å². The lowest BCUT2D eigenvalue weighted by atomic mass is 10.00. The Balaban J connectivity index is 1.98. The SMILES string of the molecule is CC(NC(=O)C1CCNC1C)c1cccc(Cl)c1. The number of nitrogens with one attached hydrogen (secondary N) is 2. The number of benzene rings is 1. The first-order chi connectivity index (χ1) is 8.58. The molecule has 0 saturated carbocycles. The van der Waals surface area contributed by atoms with Gasteiger partial charge in [-0.15, -0.1) is 0 Å². The first kappa shape index (κ1) is 13.4.